The van der Waals surface area contributed by atoms with E-state index in [2.05, 4.69) is 10.3 Å². The molecule has 29 heavy (non-hydrogen) atoms. The van der Waals surface area contributed by atoms with Crippen molar-refractivity contribution in [2.24, 2.45) is 5.92 Å². The summed E-state index contributed by atoms with van der Waals surface area (Å²) in [5, 5.41) is 2.88. The maximum Gasteiger partial charge on any atom is 0.307 e. The Morgan fingerprint density at radius 1 is 1.17 bits per heavy atom. The van der Waals surface area contributed by atoms with E-state index in [9.17, 15) is 9.59 Å². The minimum atomic E-state index is -0.637. The predicted octanol–water partition coefficient (Wildman–Crippen LogP) is 4.09. The van der Waals surface area contributed by atoms with Crippen molar-refractivity contribution in [2.75, 3.05) is 12.4 Å². The summed E-state index contributed by atoms with van der Waals surface area (Å²) in [5.41, 5.74) is -0.0827. The molecule has 1 N–H and O–H groups in total. The number of ether oxygens (including phenoxy) is 3. The number of anilines is 1. The number of benzene rings is 1. The van der Waals surface area contributed by atoms with Crippen molar-refractivity contribution in [1.29, 1.82) is 0 Å². The van der Waals surface area contributed by atoms with Crippen molar-refractivity contribution < 1.29 is 23.8 Å². The first-order valence-electron chi connectivity index (χ1n) is 9.89. The Hall–Kier alpha value is -3.09. The van der Waals surface area contributed by atoms with Crippen molar-refractivity contribution >= 4 is 17.6 Å². The number of pyridine rings is 1. The lowest BCUT2D eigenvalue weighted by molar-refractivity contribution is -0.153. The van der Waals surface area contributed by atoms with E-state index in [1.165, 1.54) is 0 Å². The molecule has 7 nitrogen and oxygen atoms in total. The third kappa shape index (κ3) is 4.18. The molecule has 2 heterocycles. The fourth-order valence-electron chi connectivity index (χ4n) is 4.15. The van der Waals surface area contributed by atoms with Crippen LogP contribution in [0.1, 0.15) is 38.5 Å². The summed E-state index contributed by atoms with van der Waals surface area (Å²) < 4.78 is 16.5. The number of nitrogens with one attached hydrogen (secondary N) is 1. The highest BCUT2D eigenvalue weighted by atomic mass is 16.6. The van der Waals surface area contributed by atoms with Crippen LogP contribution in [0.3, 0.4) is 0 Å². The normalized spacial score (nSPS) is 20.2. The maximum atomic E-state index is 12.9. The molecular weight excluding hydrogens is 372 g/mol. The first-order valence-corrected chi connectivity index (χ1v) is 9.89. The molecule has 1 spiro atoms. The van der Waals surface area contributed by atoms with E-state index in [-0.39, 0.29) is 18.3 Å². The van der Waals surface area contributed by atoms with Crippen LogP contribution in [0.15, 0.2) is 42.6 Å². The number of esters is 1. The van der Waals surface area contributed by atoms with Crippen molar-refractivity contribution in [3.05, 3.63) is 42.6 Å². The van der Waals surface area contributed by atoms with Gasteiger partial charge in [0, 0.05) is 12.1 Å². The second-order valence-electron chi connectivity index (χ2n) is 7.51. The molecule has 152 valence electrons. The third-order valence-corrected chi connectivity index (χ3v) is 5.61. The topological polar surface area (TPSA) is 86.8 Å². The van der Waals surface area contributed by atoms with Crippen LogP contribution in [0.2, 0.25) is 0 Å². The second-order valence-corrected chi connectivity index (χ2v) is 7.51. The van der Waals surface area contributed by atoms with Crippen LogP contribution >= 0.6 is 0 Å². The third-order valence-electron chi connectivity index (χ3n) is 5.61. The first-order chi connectivity index (χ1) is 14.1. The zero-order valence-electron chi connectivity index (χ0n) is 16.3. The molecule has 1 aromatic carbocycles. The van der Waals surface area contributed by atoms with E-state index >= 15 is 0 Å². The Labute approximate surface area is 169 Å². The summed E-state index contributed by atoms with van der Waals surface area (Å²) in [4.78, 5) is 29.0. The zero-order valence-corrected chi connectivity index (χ0v) is 16.3. The van der Waals surface area contributed by atoms with Crippen LogP contribution in [-0.2, 0) is 14.3 Å². The fraction of sp³-hybridized carbons (Fsp3) is 0.409. The van der Waals surface area contributed by atoms with Gasteiger partial charge in [0.1, 0.15) is 17.1 Å². The molecule has 1 atom stereocenters. The van der Waals surface area contributed by atoms with E-state index < -0.39 is 11.5 Å². The molecule has 2 aliphatic rings. The van der Waals surface area contributed by atoms with Crippen LogP contribution < -0.4 is 14.8 Å². The summed E-state index contributed by atoms with van der Waals surface area (Å²) in [6, 6.07) is 10.6. The van der Waals surface area contributed by atoms with Crippen LogP contribution in [0.4, 0.5) is 5.69 Å². The molecular formula is C22H24N2O5. The van der Waals surface area contributed by atoms with Gasteiger partial charge in [-0.25, -0.2) is 4.98 Å². The number of hydrogen-bond acceptors (Lipinski definition) is 6. The standard InChI is InChI=1S/C22H24N2O5/c1-27-16-6-5-7-17(12-16)28-19-9-8-15(14-23-19)24-21(26)18-13-20(25)29-22(18)10-3-2-4-11-22/h5-9,12,14,18H,2-4,10-11,13H2,1H3,(H,24,26). The van der Waals surface area contributed by atoms with E-state index in [0.29, 0.717) is 23.1 Å². The number of rotatable bonds is 5. The Morgan fingerprint density at radius 2 is 1.97 bits per heavy atom. The van der Waals surface area contributed by atoms with Gasteiger partial charge in [0.05, 0.1) is 31.3 Å². The lowest BCUT2D eigenvalue weighted by atomic mass is 9.75. The molecule has 1 aromatic heterocycles. The SMILES string of the molecule is COc1cccc(Oc2ccc(NC(=O)C3CC(=O)OC34CCCCC4)cn2)c1. The molecule has 2 fully saturated rings. The van der Waals surface area contributed by atoms with Gasteiger partial charge in [0.2, 0.25) is 11.8 Å². The molecule has 0 bridgehead atoms. The molecule has 1 amide bonds. The predicted molar refractivity (Wildman–Crippen MR) is 106 cm³/mol. The Morgan fingerprint density at radius 3 is 2.69 bits per heavy atom. The van der Waals surface area contributed by atoms with Crippen molar-refractivity contribution in [1.82, 2.24) is 4.98 Å². The molecule has 1 saturated heterocycles. The average Bonchev–Trinajstić information content (AvgIpc) is 3.05. The minimum Gasteiger partial charge on any atom is -0.497 e. The smallest absolute Gasteiger partial charge is 0.307 e. The van der Waals surface area contributed by atoms with Crippen LogP contribution in [0, 0.1) is 5.92 Å². The molecule has 4 rings (SSSR count). The number of carbonyl (C=O) groups excluding carboxylic acids is 2. The molecule has 1 saturated carbocycles. The van der Waals surface area contributed by atoms with Gasteiger partial charge in [0.15, 0.2) is 0 Å². The van der Waals surface area contributed by atoms with Gasteiger partial charge >= 0.3 is 5.97 Å². The summed E-state index contributed by atoms with van der Waals surface area (Å²) in [5.74, 6) is 0.765. The number of hydrogen-bond donors (Lipinski definition) is 1. The highest BCUT2D eigenvalue weighted by Gasteiger charge is 2.52. The monoisotopic (exact) mass is 396 g/mol. The van der Waals surface area contributed by atoms with Crippen molar-refractivity contribution in [3.63, 3.8) is 0 Å². The Kier molecular flexibility index (Phi) is 5.38. The summed E-state index contributed by atoms with van der Waals surface area (Å²) in [6.45, 7) is 0. The first kappa shape index (κ1) is 19.2. The quantitative estimate of drug-likeness (QED) is 0.766. The lowest BCUT2D eigenvalue weighted by Crippen LogP contribution is -2.43. The van der Waals surface area contributed by atoms with Gasteiger partial charge in [-0.2, -0.15) is 0 Å². The summed E-state index contributed by atoms with van der Waals surface area (Å²) in [7, 11) is 1.59. The van der Waals surface area contributed by atoms with E-state index in [4.69, 9.17) is 14.2 Å². The molecule has 1 aliphatic heterocycles. The average molecular weight is 396 g/mol. The van der Waals surface area contributed by atoms with Crippen LogP contribution in [0.5, 0.6) is 17.4 Å². The maximum absolute atomic E-state index is 12.9. The van der Waals surface area contributed by atoms with Crippen molar-refractivity contribution in [3.8, 4) is 17.4 Å². The molecule has 2 aromatic rings. The molecule has 7 heteroatoms. The van der Waals surface area contributed by atoms with Gasteiger partial charge in [-0.1, -0.05) is 12.5 Å². The van der Waals surface area contributed by atoms with E-state index in [1.807, 2.05) is 12.1 Å². The minimum absolute atomic E-state index is 0.135. The van der Waals surface area contributed by atoms with E-state index in [1.54, 1.807) is 37.6 Å². The van der Waals surface area contributed by atoms with Gasteiger partial charge in [-0.15, -0.1) is 0 Å². The summed E-state index contributed by atoms with van der Waals surface area (Å²) in [6.07, 6.45) is 6.26. The van der Waals surface area contributed by atoms with Gasteiger partial charge in [0.25, 0.3) is 0 Å². The summed E-state index contributed by atoms with van der Waals surface area (Å²) >= 11 is 0. The number of carbonyl (C=O) groups is 2. The number of methoxy groups -OCH3 is 1. The van der Waals surface area contributed by atoms with E-state index in [0.717, 1.165) is 32.1 Å². The lowest BCUT2D eigenvalue weighted by Gasteiger charge is -2.35. The van der Waals surface area contributed by atoms with Gasteiger partial charge < -0.3 is 19.5 Å². The highest BCUT2D eigenvalue weighted by Crippen LogP contribution is 2.44. The molecule has 1 unspecified atom stereocenters. The molecule has 1 aliphatic carbocycles. The highest BCUT2D eigenvalue weighted by molar-refractivity contribution is 5.96. The van der Waals surface area contributed by atoms with Crippen molar-refractivity contribution in [2.45, 2.75) is 44.1 Å². The molecule has 0 radical (unpaired) electrons. The number of amides is 1. The zero-order chi connectivity index (χ0) is 20.3. The fourth-order valence-corrected chi connectivity index (χ4v) is 4.15. The second kappa shape index (κ2) is 8.11. The van der Waals surface area contributed by atoms with Gasteiger partial charge in [-0.3, -0.25) is 9.59 Å². The Bertz CT molecular complexity index is 890. The largest absolute Gasteiger partial charge is 0.497 e. The number of aromatic nitrogens is 1. The van der Waals surface area contributed by atoms with Gasteiger partial charge in [-0.05, 0) is 43.9 Å². The van der Waals surface area contributed by atoms with Crippen LogP contribution in [-0.4, -0.2) is 29.6 Å². The van der Waals surface area contributed by atoms with Crippen LogP contribution in [0.25, 0.3) is 0 Å². The number of nitrogens with zero attached hydrogens (tertiary/aromatic N) is 1. The Balaban J connectivity index is 1.41.